The number of nitrogens with zero attached hydrogens (tertiary/aromatic N) is 2. The van der Waals surface area contributed by atoms with Gasteiger partial charge in [-0.05, 0) is 38.0 Å². The first-order chi connectivity index (χ1) is 16.1. The maximum Gasteiger partial charge on any atom is 0.296 e. The number of hydrogen-bond donors (Lipinski definition) is 2. The quantitative estimate of drug-likeness (QED) is 0.626. The molecule has 1 aliphatic heterocycles. The van der Waals surface area contributed by atoms with Crippen molar-refractivity contribution in [2.24, 2.45) is 0 Å². The summed E-state index contributed by atoms with van der Waals surface area (Å²) in [5.41, 5.74) is -1.03. The molecule has 1 aliphatic carbocycles. The third-order valence-electron chi connectivity index (χ3n) is 4.94. The monoisotopic (exact) mass is 491 g/mol. The molecule has 0 spiro atoms. The van der Waals surface area contributed by atoms with Crippen molar-refractivity contribution >= 4 is 16.7 Å². The van der Waals surface area contributed by atoms with Crippen LogP contribution in [0.2, 0.25) is 0 Å². The number of halogens is 1. The van der Waals surface area contributed by atoms with E-state index >= 15 is 0 Å². The Balaban J connectivity index is 0.00000199. The van der Waals surface area contributed by atoms with Crippen molar-refractivity contribution < 1.29 is 23.2 Å². The van der Waals surface area contributed by atoms with Gasteiger partial charge in [-0.1, -0.05) is 31.8 Å². The molecule has 1 atom stereocenters. The van der Waals surface area contributed by atoms with Crippen molar-refractivity contribution in [3.8, 4) is 17.6 Å². The van der Waals surface area contributed by atoms with Crippen molar-refractivity contribution in [1.29, 1.82) is 0 Å². The zero-order chi connectivity index (χ0) is 25.5. The van der Waals surface area contributed by atoms with E-state index in [4.69, 9.17) is 4.74 Å². The molecular weight excluding hydrogens is 461 g/mol. The first kappa shape index (κ1) is 27.2. The summed E-state index contributed by atoms with van der Waals surface area (Å²) in [7, 11) is -1.12. The first-order valence-electron chi connectivity index (χ1n) is 10.9. The molecule has 2 heterocycles. The van der Waals surface area contributed by atoms with Gasteiger partial charge in [0.25, 0.3) is 11.5 Å². The van der Waals surface area contributed by atoms with Crippen molar-refractivity contribution in [2.75, 3.05) is 25.2 Å². The van der Waals surface area contributed by atoms with Crippen LogP contribution in [0.3, 0.4) is 0 Å². The SMILES string of the molecule is CC.CS(=O)CC#CC1=C(CNC(=O)c2nc3n(c(=O)c2O)CCOC3(C)C)CC=CC(F)=C1. The van der Waals surface area contributed by atoms with E-state index in [9.17, 15) is 23.3 Å². The number of allylic oxidation sites excluding steroid dienone is 5. The molecule has 0 bridgehead atoms. The fraction of sp³-hybridized carbons (Fsp3) is 0.458. The molecule has 0 aromatic carbocycles. The Kier molecular flexibility index (Phi) is 9.53. The first-order valence-corrected chi connectivity index (χ1v) is 12.6. The number of ether oxygens (including phenoxy) is 1. The number of carbonyl (C=O) groups is 1. The molecule has 8 nitrogen and oxygen atoms in total. The fourth-order valence-corrected chi connectivity index (χ4v) is 3.61. The molecule has 1 amide bonds. The lowest BCUT2D eigenvalue weighted by atomic mass is 10.1. The minimum atomic E-state index is -1.12. The summed E-state index contributed by atoms with van der Waals surface area (Å²) in [4.78, 5) is 29.6. The number of carbonyl (C=O) groups excluding carboxylic acids is 1. The highest BCUT2D eigenvalue weighted by Gasteiger charge is 2.34. The molecule has 0 fully saturated rings. The molecule has 1 aromatic heterocycles. The van der Waals surface area contributed by atoms with Gasteiger partial charge in [0.1, 0.15) is 17.3 Å². The van der Waals surface area contributed by atoms with Crippen LogP contribution in [0.5, 0.6) is 5.75 Å². The van der Waals surface area contributed by atoms with Gasteiger partial charge in [-0.2, -0.15) is 0 Å². The summed E-state index contributed by atoms with van der Waals surface area (Å²) >= 11 is 0. The maximum atomic E-state index is 13.9. The number of rotatable bonds is 4. The summed E-state index contributed by atoms with van der Waals surface area (Å²) in [6.45, 7) is 7.95. The Labute approximate surface area is 201 Å². The molecule has 1 unspecified atom stereocenters. The van der Waals surface area contributed by atoms with E-state index in [1.54, 1.807) is 19.9 Å². The van der Waals surface area contributed by atoms with Crippen LogP contribution in [-0.4, -0.2) is 49.9 Å². The molecule has 3 rings (SSSR count). The van der Waals surface area contributed by atoms with E-state index < -0.39 is 45.1 Å². The summed E-state index contributed by atoms with van der Waals surface area (Å²) in [6, 6.07) is 0. The molecule has 34 heavy (non-hydrogen) atoms. The van der Waals surface area contributed by atoms with E-state index in [-0.39, 0.29) is 31.3 Å². The van der Waals surface area contributed by atoms with E-state index in [2.05, 4.69) is 22.1 Å². The molecule has 2 N–H and O–H groups in total. The van der Waals surface area contributed by atoms with Gasteiger partial charge in [-0.3, -0.25) is 18.4 Å². The molecular formula is C24H30FN3O5S. The lowest BCUT2D eigenvalue weighted by Crippen LogP contribution is -2.42. The van der Waals surface area contributed by atoms with Gasteiger partial charge in [0, 0.05) is 29.2 Å². The summed E-state index contributed by atoms with van der Waals surface area (Å²) < 4.78 is 32.1. The normalized spacial score (nSPS) is 17.2. The van der Waals surface area contributed by atoms with E-state index in [0.717, 1.165) is 0 Å². The van der Waals surface area contributed by atoms with Crippen LogP contribution < -0.4 is 10.9 Å². The second-order valence-electron chi connectivity index (χ2n) is 7.80. The largest absolute Gasteiger partial charge is 0.501 e. The molecule has 10 heteroatoms. The van der Waals surface area contributed by atoms with Crippen molar-refractivity contribution in [3.63, 3.8) is 0 Å². The Morgan fingerprint density at radius 3 is 2.79 bits per heavy atom. The molecule has 0 saturated heterocycles. The van der Waals surface area contributed by atoms with Crippen LogP contribution in [0.1, 0.15) is 50.4 Å². The van der Waals surface area contributed by atoms with Gasteiger partial charge in [0.15, 0.2) is 5.69 Å². The van der Waals surface area contributed by atoms with Crippen molar-refractivity contribution in [2.45, 2.75) is 46.3 Å². The fourth-order valence-electron chi connectivity index (χ4n) is 3.33. The van der Waals surface area contributed by atoms with Gasteiger partial charge in [-0.15, -0.1) is 0 Å². The summed E-state index contributed by atoms with van der Waals surface area (Å²) in [5, 5.41) is 12.9. The third kappa shape index (κ3) is 6.52. The number of nitrogens with one attached hydrogen (secondary N) is 1. The zero-order valence-electron chi connectivity index (χ0n) is 20.0. The summed E-state index contributed by atoms with van der Waals surface area (Å²) in [6.07, 6.45) is 5.99. The molecule has 184 valence electrons. The molecule has 0 radical (unpaired) electrons. The Morgan fingerprint density at radius 1 is 1.41 bits per heavy atom. The number of amides is 1. The van der Waals surface area contributed by atoms with Gasteiger partial charge in [0.2, 0.25) is 5.75 Å². The smallest absolute Gasteiger partial charge is 0.296 e. The number of hydrogen-bond acceptors (Lipinski definition) is 6. The zero-order valence-corrected chi connectivity index (χ0v) is 20.8. The third-order valence-corrected chi connectivity index (χ3v) is 5.49. The molecule has 2 aliphatic rings. The van der Waals surface area contributed by atoms with Crippen LogP contribution in [0.4, 0.5) is 4.39 Å². The average Bonchev–Trinajstić information content (AvgIpc) is 2.96. The van der Waals surface area contributed by atoms with Gasteiger partial charge >= 0.3 is 0 Å². The topological polar surface area (TPSA) is 111 Å². The predicted octanol–water partition coefficient (Wildman–Crippen LogP) is 2.46. The highest BCUT2D eigenvalue weighted by molar-refractivity contribution is 7.84. The number of aromatic hydroxyl groups is 1. The Hall–Kier alpha value is -3.03. The Morgan fingerprint density at radius 2 is 2.12 bits per heavy atom. The lowest BCUT2D eigenvalue weighted by molar-refractivity contribution is -0.0566. The minimum Gasteiger partial charge on any atom is -0.501 e. The van der Waals surface area contributed by atoms with E-state index in [1.165, 1.54) is 23.0 Å². The second-order valence-corrected chi connectivity index (χ2v) is 9.24. The number of fused-ring (bicyclic) bond motifs is 1. The van der Waals surface area contributed by atoms with Gasteiger partial charge < -0.3 is 15.2 Å². The second kappa shape index (κ2) is 11.9. The van der Waals surface area contributed by atoms with Crippen molar-refractivity contribution in [3.05, 3.63) is 57.1 Å². The van der Waals surface area contributed by atoms with Gasteiger partial charge in [-0.25, -0.2) is 9.37 Å². The molecule has 1 aromatic rings. The van der Waals surface area contributed by atoms with E-state index in [0.29, 0.717) is 17.6 Å². The van der Waals surface area contributed by atoms with Crippen LogP contribution >= 0.6 is 0 Å². The standard InChI is InChI=1S/C22H24FN3O5S.C2H6/c1-22(2)21-25-17(18(27)20(29)26(21)9-10-31-22)19(28)24-13-15-6-4-8-16(23)12-14(15)7-5-11-32(3)30;1-2/h4,8,12,27H,6,9-11,13H2,1-3H3,(H,24,28);1-2H3. The minimum absolute atomic E-state index is 0.00832. The maximum absolute atomic E-state index is 13.9. The van der Waals surface area contributed by atoms with Crippen molar-refractivity contribution in [1.82, 2.24) is 14.9 Å². The highest BCUT2D eigenvalue weighted by atomic mass is 32.2. The predicted molar refractivity (Wildman–Crippen MR) is 130 cm³/mol. The highest BCUT2D eigenvalue weighted by Crippen LogP contribution is 2.27. The Bertz CT molecular complexity index is 1190. The molecule has 0 saturated carbocycles. The summed E-state index contributed by atoms with van der Waals surface area (Å²) in [5.74, 6) is 3.95. The van der Waals surface area contributed by atoms with Crippen LogP contribution in [0.25, 0.3) is 0 Å². The average molecular weight is 492 g/mol. The van der Waals surface area contributed by atoms with Crippen LogP contribution in [0, 0.1) is 11.8 Å². The van der Waals surface area contributed by atoms with E-state index in [1.807, 2.05) is 13.8 Å². The number of aromatic nitrogens is 2. The lowest BCUT2D eigenvalue weighted by Gasteiger charge is -2.32. The van der Waals surface area contributed by atoms with Crippen LogP contribution in [0.15, 0.2) is 40.0 Å². The van der Waals surface area contributed by atoms with Crippen LogP contribution in [-0.2, 0) is 27.7 Å². The van der Waals surface area contributed by atoms with Gasteiger partial charge in [0.05, 0.1) is 18.9 Å².